The van der Waals surface area contributed by atoms with E-state index >= 15 is 0 Å². The molecular formula is C25H32N2O7. The van der Waals surface area contributed by atoms with Crippen LogP contribution in [0.25, 0.3) is 0 Å². The Labute approximate surface area is 199 Å². The highest BCUT2D eigenvalue weighted by atomic mass is 16.6. The van der Waals surface area contributed by atoms with Gasteiger partial charge in [-0.1, -0.05) is 27.2 Å². The van der Waals surface area contributed by atoms with Crippen LogP contribution in [0.4, 0.5) is 5.69 Å². The topological polar surface area (TPSA) is 117 Å². The fourth-order valence-electron chi connectivity index (χ4n) is 4.68. The molecule has 1 aliphatic carbocycles. The highest BCUT2D eigenvalue weighted by molar-refractivity contribution is 6.04. The predicted octanol–water partition coefficient (Wildman–Crippen LogP) is 4.56. The van der Waals surface area contributed by atoms with Crippen molar-refractivity contribution in [2.75, 3.05) is 20.8 Å². The smallest absolute Gasteiger partial charge is 0.336 e. The van der Waals surface area contributed by atoms with E-state index in [-0.39, 0.29) is 52.5 Å². The minimum atomic E-state index is -0.964. The number of hydrogen-bond donors (Lipinski definition) is 1. The molecule has 0 fully saturated rings. The third-order valence-corrected chi connectivity index (χ3v) is 6.23. The second-order valence-corrected chi connectivity index (χ2v) is 9.44. The van der Waals surface area contributed by atoms with E-state index in [0.717, 1.165) is 6.42 Å². The average molecular weight is 473 g/mol. The highest BCUT2D eigenvalue weighted by Gasteiger charge is 2.45. The van der Waals surface area contributed by atoms with Crippen molar-refractivity contribution in [2.24, 2.45) is 5.41 Å². The van der Waals surface area contributed by atoms with E-state index < -0.39 is 16.8 Å². The standard InChI is InChI=1S/C25H32N2O7/c1-7-8-9-34-24(29)21-14(2)26-16-12-25(3,4)13-18(28)23(16)22(21)15-10-19(32-5)20(33-6)11-17(15)27(30)31/h10-11,22,26H,7-9,12-13H2,1-6H3. The van der Waals surface area contributed by atoms with Gasteiger partial charge in [0.15, 0.2) is 17.3 Å². The Bertz CT molecular complexity index is 1080. The van der Waals surface area contributed by atoms with Crippen LogP contribution in [0.3, 0.4) is 0 Å². The first-order valence-corrected chi connectivity index (χ1v) is 11.4. The Morgan fingerprint density at radius 2 is 1.85 bits per heavy atom. The zero-order valence-corrected chi connectivity index (χ0v) is 20.6. The van der Waals surface area contributed by atoms with Gasteiger partial charge in [0, 0.05) is 29.0 Å². The number of Topliss-reactive ketones (excluding diaryl/α,β-unsaturated/α-hetero) is 1. The number of unbranched alkanes of at least 4 members (excludes halogenated alkanes) is 1. The minimum absolute atomic E-state index is 0.154. The van der Waals surface area contributed by atoms with Crippen LogP contribution >= 0.6 is 0 Å². The minimum Gasteiger partial charge on any atom is -0.493 e. The largest absolute Gasteiger partial charge is 0.493 e. The van der Waals surface area contributed by atoms with Crippen LogP contribution in [-0.4, -0.2) is 37.5 Å². The number of esters is 1. The molecule has 0 radical (unpaired) electrons. The SMILES string of the molecule is CCCCOC(=O)C1=C(C)NC2=C(C(=O)CC(C)(C)C2)C1c1cc(OC)c(OC)cc1[N+](=O)[O-]. The molecule has 3 rings (SSSR count). The monoisotopic (exact) mass is 472 g/mol. The second kappa shape index (κ2) is 9.87. The fraction of sp³-hybridized carbons (Fsp3) is 0.520. The molecule has 2 aliphatic rings. The van der Waals surface area contributed by atoms with E-state index in [1.807, 2.05) is 20.8 Å². The lowest BCUT2D eigenvalue weighted by Gasteiger charge is -2.39. The van der Waals surface area contributed by atoms with Crippen molar-refractivity contribution in [3.05, 3.63) is 50.4 Å². The van der Waals surface area contributed by atoms with Crippen molar-refractivity contribution < 1.29 is 28.7 Å². The lowest BCUT2D eigenvalue weighted by Crippen LogP contribution is -2.39. The summed E-state index contributed by atoms with van der Waals surface area (Å²) < 4.78 is 16.2. The number of hydrogen-bond acceptors (Lipinski definition) is 8. The van der Waals surface area contributed by atoms with Crippen molar-refractivity contribution in [1.29, 1.82) is 0 Å². The summed E-state index contributed by atoms with van der Waals surface area (Å²) in [5.41, 5.74) is 1.39. The molecule has 1 heterocycles. The quantitative estimate of drug-likeness (QED) is 0.253. The zero-order valence-electron chi connectivity index (χ0n) is 20.6. The van der Waals surface area contributed by atoms with Gasteiger partial charge in [-0.25, -0.2) is 4.79 Å². The van der Waals surface area contributed by atoms with Crippen molar-refractivity contribution >= 4 is 17.4 Å². The van der Waals surface area contributed by atoms with E-state index in [4.69, 9.17) is 14.2 Å². The van der Waals surface area contributed by atoms with Gasteiger partial charge in [-0.15, -0.1) is 0 Å². The number of ketones is 1. The second-order valence-electron chi connectivity index (χ2n) is 9.44. The summed E-state index contributed by atoms with van der Waals surface area (Å²) >= 11 is 0. The van der Waals surface area contributed by atoms with E-state index in [1.54, 1.807) is 6.92 Å². The number of carbonyl (C=O) groups is 2. The summed E-state index contributed by atoms with van der Waals surface area (Å²) in [7, 11) is 2.82. The maximum absolute atomic E-state index is 13.4. The van der Waals surface area contributed by atoms with Crippen molar-refractivity contribution in [1.82, 2.24) is 5.32 Å². The first kappa shape index (κ1) is 25.3. The Morgan fingerprint density at radius 3 is 2.44 bits per heavy atom. The molecule has 0 aromatic heterocycles. The first-order chi connectivity index (χ1) is 16.0. The summed E-state index contributed by atoms with van der Waals surface area (Å²) in [6, 6.07) is 2.75. The fourth-order valence-corrected chi connectivity index (χ4v) is 4.68. The Balaban J connectivity index is 2.28. The van der Waals surface area contributed by atoms with Gasteiger partial charge in [0.1, 0.15) is 0 Å². The molecule has 34 heavy (non-hydrogen) atoms. The summed E-state index contributed by atoms with van der Waals surface area (Å²) in [5, 5.41) is 15.3. The summed E-state index contributed by atoms with van der Waals surface area (Å²) in [4.78, 5) is 38.2. The van der Waals surface area contributed by atoms with Gasteiger partial charge in [0.2, 0.25) is 0 Å². The Kier molecular flexibility index (Phi) is 7.33. The van der Waals surface area contributed by atoms with Crippen LogP contribution in [0.5, 0.6) is 11.5 Å². The van der Waals surface area contributed by atoms with Crippen molar-refractivity contribution in [2.45, 2.75) is 59.3 Å². The Morgan fingerprint density at radius 1 is 1.21 bits per heavy atom. The molecule has 1 aromatic carbocycles. The molecule has 184 valence electrons. The maximum atomic E-state index is 13.4. The van der Waals surface area contributed by atoms with Crippen LogP contribution in [0.1, 0.15) is 64.9 Å². The summed E-state index contributed by atoms with van der Waals surface area (Å²) in [6.07, 6.45) is 2.37. The third kappa shape index (κ3) is 4.78. The molecule has 1 atom stereocenters. The normalized spacial score (nSPS) is 19.4. The van der Waals surface area contributed by atoms with Crippen molar-refractivity contribution in [3.63, 3.8) is 0 Å². The number of nitrogens with one attached hydrogen (secondary N) is 1. The van der Waals surface area contributed by atoms with E-state index in [0.29, 0.717) is 29.8 Å². The highest BCUT2D eigenvalue weighted by Crippen LogP contribution is 2.50. The number of nitrogens with zero attached hydrogens (tertiary/aromatic N) is 1. The molecule has 1 N–H and O–H groups in total. The zero-order chi connectivity index (χ0) is 25.2. The van der Waals surface area contributed by atoms with Crippen LogP contribution in [0.15, 0.2) is 34.7 Å². The predicted molar refractivity (Wildman–Crippen MR) is 126 cm³/mol. The van der Waals surface area contributed by atoms with Gasteiger partial charge in [-0.05, 0) is 31.2 Å². The molecule has 9 heteroatoms. The van der Waals surface area contributed by atoms with E-state index in [1.165, 1.54) is 26.4 Å². The maximum Gasteiger partial charge on any atom is 0.336 e. The number of nitro groups is 1. The molecule has 1 aliphatic heterocycles. The van der Waals surface area contributed by atoms with Gasteiger partial charge in [-0.3, -0.25) is 14.9 Å². The van der Waals surface area contributed by atoms with Crippen molar-refractivity contribution in [3.8, 4) is 11.5 Å². The van der Waals surface area contributed by atoms with E-state index in [9.17, 15) is 19.7 Å². The number of rotatable bonds is 8. The molecular weight excluding hydrogens is 440 g/mol. The molecule has 1 unspecified atom stereocenters. The third-order valence-electron chi connectivity index (χ3n) is 6.23. The van der Waals surface area contributed by atoms with Crippen LogP contribution in [-0.2, 0) is 14.3 Å². The van der Waals surface area contributed by atoms with Gasteiger partial charge in [-0.2, -0.15) is 0 Å². The molecule has 0 saturated carbocycles. The van der Waals surface area contributed by atoms with Gasteiger partial charge < -0.3 is 19.5 Å². The lowest BCUT2D eigenvalue weighted by atomic mass is 9.68. The summed E-state index contributed by atoms with van der Waals surface area (Å²) in [6.45, 7) is 7.93. The average Bonchev–Trinajstić information content (AvgIpc) is 2.76. The van der Waals surface area contributed by atoms with Gasteiger partial charge >= 0.3 is 5.97 Å². The molecule has 9 nitrogen and oxygen atoms in total. The number of ether oxygens (including phenoxy) is 3. The number of benzene rings is 1. The van der Waals surface area contributed by atoms with Crippen LogP contribution in [0, 0.1) is 15.5 Å². The first-order valence-electron chi connectivity index (χ1n) is 11.4. The van der Waals surface area contributed by atoms with Crippen LogP contribution in [0.2, 0.25) is 0 Å². The number of dihydropyridines is 1. The van der Waals surface area contributed by atoms with Crippen LogP contribution < -0.4 is 14.8 Å². The molecule has 0 saturated heterocycles. The summed E-state index contributed by atoms with van der Waals surface area (Å²) in [5.74, 6) is -1.27. The number of methoxy groups -OCH3 is 2. The number of allylic oxidation sites excluding steroid dienone is 3. The van der Waals surface area contributed by atoms with Gasteiger partial charge in [0.25, 0.3) is 5.69 Å². The van der Waals surface area contributed by atoms with Gasteiger partial charge in [0.05, 0.1) is 43.3 Å². The Hall–Kier alpha value is -3.36. The number of carbonyl (C=O) groups excluding carboxylic acids is 2. The molecule has 0 spiro atoms. The molecule has 0 amide bonds. The molecule has 0 bridgehead atoms. The lowest BCUT2D eigenvalue weighted by molar-refractivity contribution is -0.385. The van der Waals surface area contributed by atoms with E-state index in [2.05, 4.69) is 5.32 Å². The number of nitro benzene ring substituents is 1. The molecule has 1 aromatic rings.